The van der Waals surface area contributed by atoms with Gasteiger partial charge in [-0.1, -0.05) is 52.0 Å². The number of aryl methyl sites for hydroxylation is 2. The van der Waals surface area contributed by atoms with E-state index in [0.29, 0.717) is 37.7 Å². The third kappa shape index (κ3) is 6.98. The third-order valence-electron chi connectivity index (χ3n) is 5.09. The first-order valence-corrected chi connectivity index (χ1v) is 11.3. The summed E-state index contributed by atoms with van der Waals surface area (Å²) >= 11 is 0. The van der Waals surface area contributed by atoms with E-state index in [0.717, 1.165) is 28.3 Å². The van der Waals surface area contributed by atoms with Crippen molar-refractivity contribution in [1.82, 2.24) is 4.98 Å². The Hall–Kier alpha value is -3.08. The number of hydrogen-bond donors (Lipinski definition) is 0. The molecular weight excluding hydrogens is 402 g/mol. The topological polar surface area (TPSA) is 61.6 Å². The number of methoxy groups -OCH3 is 1. The molecule has 3 aromatic rings. The van der Waals surface area contributed by atoms with Crippen LogP contribution in [0.4, 0.5) is 0 Å². The third-order valence-corrected chi connectivity index (χ3v) is 5.09. The highest BCUT2D eigenvalue weighted by Gasteiger charge is 2.13. The maximum absolute atomic E-state index is 11.5. The summed E-state index contributed by atoms with van der Waals surface area (Å²) < 4.78 is 16.6. The Morgan fingerprint density at radius 2 is 1.78 bits per heavy atom. The minimum atomic E-state index is -0.192. The van der Waals surface area contributed by atoms with Crippen molar-refractivity contribution in [2.45, 2.75) is 59.8 Å². The normalized spacial score (nSPS) is 10.5. The molecule has 0 radical (unpaired) electrons. The summed E-state index contributed by atoms with van der Waals surface area (Å²) in [6.07, 6.45) is 1.72. The van der Waals surface area contributed by atoms with Gasteiger partial charge in [-0.25, -0.2) is 4.98 Å². The molecule has 0 unspecified atom stereocenters. The number of esters is 1. The smallest absolute Gasteiger partial charge is 0.305 e. The van der Waals surface area contributed by atoms with Gasteiger partial charge in [0.15, 0.2) is 0 Å². The molecule has 5 nitrogen and oxygen atoms in total. The minimum absolute atomic E-state index is 0.192. The first-order chi connectivity index (χ1) is 15.5. The Kier molecular flexibility index (Phi) is 9.99. The number of carbonyl (C=O) groups excluding carboxylic acids is 1. The summed E-state index contributed by atoms with van der Waals surface area (Å²) in [5.41, 5.74) is 4.23. The molecule has 3 rings (SSSR count). The van der Waals surface area contributed by atoms with Crippen molar-refractivity contribution in [2.75, 3.05) is 13.7 Å². The Morgan fingerprint density at radius 3 is 2.44 bits per heavy atom. The van der Waals surface area contributed by atoms with Gasteiger partial charge in [0.2, 0.25) is 5.89 Å². The summed E-state index contributed by atoms with van der Waals surface area (Å²) in [6.45, 7) is 10.7. The molecule has 0 amide bonds. The van der Waals surface area contributed by atoms with Crippen LogP contribution in [0.15, 0.2) is 52.9 Å². The van der Waals surface area contributed by atoms with Crippen LogP contribution < -0.4 is 4.74 Å². The molecule has 0 saturated carbocycles. The van der Waals surface area contributed by atoms with E-state index in [-0.39, 0.29) is 5.97 Å². The van der Waals surface area contributed by atoms with Crippen LogP contribution >= 0.6 is 0 Å². The Morgan fingerprint density at radius 1 is 1.06 bits per heavy atom. The number of benzene rings is 2. The van der Waals surface area contributed by atoms with Crippen molar-refractivity contribution in [1.29, 1.82) is 0 Å². The molecule has 2 aromatic carbocycles. The molecular formula is C27H35NO4. The summed E-state index contributed by atoms with van der Waals surface area (Å²) in [7, 11) is 1.42. The summed E-state index contributed by atoms with van der Waals surface area (Å²) in [5.74, 6) is 2.43. The second-order valence-corrected chi connectivity index (χ2v) is 7.58. The van der Waals surface area contributed by atoms with Crippen molar-refractivity contribution in [3.63, 3.8) is 0 Å². The van der Waals surface area contributed by atoms with Crippen LogP contribution in [0.1, 0.15) is 62.6 Å². The number of nitrogens with zero attached hydrogens (tertiary/aromatic N) is 1. The lowest BCUT2D eigenvalue weighted by atomic mass is 9.94. The van der Waals surface area contributed by atoms with Crippen LogP contribution in [0.5, 0.6) is 5.75 Å². The number of carbonyl (C=O) groups is 1. The van der Waals surface area contributed by atoms with E-state index in [1.54, 1.807) is 0 Å². The van der Waals surface area contributed by atoms with Crippen molar-refractivity contribution in [3.8, 4) is 17.2 Å². The average Bonchev–Trinajstić information content (AvgIpc) is 3.20. The second kappa shape index (κ2) is 12.7. The highest BCUT2D eigenvalue weighted by molar-refractivity contribution is 5.69. The molecule has 1 aromatic heterocycles. The number of hydrogen-bond acceptors (Lipinski definition) is 5. The zero-order valence-electron chi connectivity index (χ0n) is 20.1. The molecule has 0 atom stereocenters. The lowest BCUT2D eigenvalue weighted by Crippen LogP contribution is -2.06. The maximum Gasteiger partial charge on any atom is 0.305 e. The van der Waals surface area contributed by atoms with Crippen molar-refractivity contribution < 1.29 is 18.7 Å². The highest BCUT2D eigenvalue weighted by Crippen LogP contribution is 2.27. The lowest BCUT2D eigenvalue weighted by molar-refractivity contribution is -0.140. The zero-order chi connectivity index (χ0) is 23.5. The molecule has 0 aliphatic rings. The molecule has 5 heteroatoms. The highest BCUT2D eigenvalue weighted by atomic mass is 16.5. The van der Waals surface area contributed by atoms with Crippen LogP contribution in [-0.4, -0.2) is 24.7 Å². The van der Waals surface area contributed by atoms with Crippen molar-refractivity contribution in [2.24, 2.45) is 0 Å². The molecule has 32 heavy (non-hydrogen) atoms. The van der Waals surface area contributed by atoms with Crippen molar-refractivity contribution in [3.05, 3.63) is 71.1 Å². The molecule has 1 heterocycles. The SMILES string of the molecule is CC.COC(=O)CCc1ccc(OCCc2nc(-c3ccccc3)oc2C)cc1C(C)C. The van der Waals surface area contributed by atoms with Gasteiger partial charge in [-0.05, 0) is 54.7 Å². The molecule has 0 bridgehead atoms. The van der Waals surface area contributed by atoms with Gasteiger partial charge in [-0.2, -0.15) is 0 Å². The van der Waals surface area contributed by atoms with Gasteiger partial charge in [0, 0.05) is 18.4 Å². The van der Waals surface area contributed by atoms with Gasteiger partial charge >= 0.3 is 5.97 Å². The van der Waals surface area contributed by atoms with E-state index in [1.807, 2.05) is 63.2 Å². The quantitative estimate of drug-likeness (QED) is 0.356. The van der Waals surface area contributed by atoms with Gasteiger partial charge in [-0.3, -0.25) is 4.79 Å². The van der Waals surface area contributed by atoms with Gasteiger partial charge < -0.3 is 13.9 Å². The lowest BCUT2D eigenvalue weighted by Gasteiger charge is -2.15. The van der Waals surface area contributed by atoms with Crippen LogP contribution in [0, 0.1) is 6.92 Å². The van der Waals surface area contributed by atoms with E-state index in [2.05, 4.69) is 24.9 Å². The Balaban J connectivity index is 0.00000176. The zero-order valence-corrected chi connectivity index (χ0v) is 20.1. The Bertz CT molecular complexity index is 977. The molecule has 0 aliphatic carbocycles. The van der Waals surface area contributed by atoms with Crippen LogP contribution in [0.2, 0.25) is 0 Å². The number of rotatable bonds is 9. The predicted molar refractivity (Wildman–Crippen MR) is 128 cm³/mol. The van der Waals surface area contributed by atoms with E-state index >= 15 is 0 Å². The fraction of sp³-hybridized carbons (Fsp3) is 0.407. The first-order valence-electron chi connectivity index (χ1n) is 11.3. The average molecular weight is 438 g/mol. The van der Waals surface area contributed by atoms with Crippen molar-refractivity contribution >= 4 is 5.97 Å². The number of ether oxygens (including phenoxy) is 2. The van der Waals surface area contributed by atoms with Gasteiger partial charge in [-0.15, -0.1) is 0 Å². The van der Waals surface area contributed by atoms with Crippen LogP contribution in [0.3, 0.4) is 0 Å². The summed E-state index contributed by atoms with van der Waals surface area (Å²) in [5, 5.41) is 0. The standard InChI is InChI=1S/C25H29NO4.C2H6/c1-17(2)22-16-21(12-10-19(22)11-13-24(27)28-4)29-15-14-23-18(3)30-25(26-23)20-8-6-5-7-9-20;1-2/h5-10,12,16-17H,11,13-15H2,1-4H3;1-2H3. The van der Waals surface area contributed by atoms with Gasteiger partial charge in [0.25, 0.3) is 0 Å². The molecule has 172 valence electrons. The van der Waals surface area contributed by atoms with Crippen LogP contribution in [0.25, 0.3) is 11.5 Å². The predicted octanol–water partition coefficient (Wildman–Crippen LogP) is 6.53. The molecule has 0 N–H and O–H groups in total. The number of oxazole rings is 1. The summed E-state index contributed by atoms with van der Waals surface area (Å²) in [6, 6.07) is 16.0. The first kappa shape index (κ1) is 25.2. The maximum atomic E-state index is 11.5. The van der Waals surface area contributed by atoms with E-state index < -0.39 is 0 Å². The van der Waals surface area contributed by atoms with E-state index in [1.165, 1.54) is 12.7 Å². The van der Waals surface area contributed by atoms with E-state index in [9.17, 15) is 4.79 Å². The van der Waals surface area contributed by atoms with Crippen LogP contribution in [-0.2, 0) is 22.4 Å². The fourth-order valence-electron chi connectivity index (χ4n) is 3.40. The number of aromatic nitrogens is 1. The minimum Gasteiger partial charge on any atom is -0.493 e. The largest absolute Gasteiger partial charge is 0.493 e. The van der Waals surface area contributed by atoms with Gasteiger partial charge in [0.05, 0.1) is 19.4 Å². The Labute approximate surface area is 191 Å². The molecule has 0 spiro atoms. The summed E-state index contributed by atoms with van der Waals surface area (Å²) in [4.78, 5) is 16.1. The fourth-order valence-corrected chi connectivity index (χ4v) is 3.40. The molecule has 0 aliphatic heterocycles. The monoisotopic (exact) mass is 437 g/mol. The second-order valence-electron chi connectivity index (χ2n) is 7.58. The molecule has 0 fully saturated rings. The van der Waals surface area contributed by atoms with E-state index in [4.69, 9.17) is 13.9 Å². The molecule has 0 saturated heterocycles. The van der Waals surface area contributed by atoms with Gasteiger partial charge in [0.1, 0.15) is 11.5 Å².